The summed E-state index contributed by atoms with van der Waals surface area (Å²) < 4.78 is 17.3. The molecule has 1 unspecified atom stereocenters. The number of ether oxygens (including phenoxy) is 3. The quantitative estimate of drug-likeness (QED) is 0.709. The lowest BCUT2D eigenvalue weighted by atomic mass is 10.1. The van der Waals surface area contributed by atoms with E-state index in [0.717, 1.165) is 18.5 Å². The molecule has 1 aromatic carbocycles. The summed E-state index contributed by atoms with van der Waals surface area (Å²) in [5.74, 6) is 2.46. The van der Waals surface area contributed by atoms with Crippen LogP contribution in [0.3, 0.4) is 0 Å². The van der Waals surface area contributed by atoms with Crippen LogP contribution in [0.2, 0.25) is 0 Å². The molecule has 1 saturated heterocycles. The van der Waals surface area contributed by atoms with Crippen molar-refractivity contribution in [1.29, 1.82) is 0 Å². The molecule has 0 saturated carbocycles. The van der Waals surface area contributed by atoms with Gasteiger partial charge < -0.3 is 19.1 Å². The van der Waals surface area contributed by atoms with Gasteiger partial charge in [0, 0.05) is 23.9 Å². The lowest BCUT2D eigenvalue weighted by Gasteiger charge is -2.32. The molecule has 2 aromatic rings. The van der Waals surface area contributed by atoms with Crippen LogP contribution in [0.15, 0.2) is 24.3 Å². The second kappa shape index (κ2) is 9.58. The summed E-state index contributed by atoms with van der Waals surface area (Å²) in [5, 5.41) is 0. The highest BCUT2D eigenvalue weighted by Gasteiger charge is 2.26. The molecule has 1 fully saturated rings. The van der Waals surface area contributed by atoms with Crippen LogP contribution in [0.1, 0.15) is 48.6 Å². The number of aromatic nitrogens is 2. The predicted molar refractivity (Wildman–Crippen MR) is 110 cm³/mol. The minimum absolute atomic E-state index is 0.0302. The number of nitrogens with zero attached hydrogens (tertiary/aromatic N) is 3. The molecule has 0 spiro atoms. The molecule has 29 heavy (non-hydrogen) atoms. The van der Waals surface area contributed by atoms with Gasteiger partial charge in [-0.1, -0.05) is 0 Å². The number of hydrogen-bond acceptors (Lipinski definition) is 6. The van der Waals surface area contributed by atoms with E-state index >= 15 is 0 Å². The summed E-state index contributed by atoms with van der Waals surface area (Å²) in [6.07, 6.45) is 1.68. The zero-order valence-corrected chi connectivity index (χ0v) is 17.6. The summed E-state index contributed by atoms with van der Waals surface area (Å²) >= 11 is 0. The van der Waals surface area contributed by atoms with E-state index in [1.807, 2.05) is 38.7 Å². The van der Waals surface area contributed by atoms with Crippen LogP contribution in [-0.2, 0) is 0 Å². The van der Waals surface area contributed by atoms with Gasteiger partial charge in [0.15, 0.2) is 11.5 Å². The topological polar surface area (TPSA) is 73.8 Å². The van der Waals surface area contributed by atoms with Crippen molar-refractivity contribution in [1.82, 2.24) is 14.9 Å². The Bertz CT molecular complexity index is 836. The third kappa shape index (κ3) is 5.37. The van der Waals surface area contributed by atoms with Crippen molar-refractivity contribution in [2.75, 3.05) is 26.3 Å². The highest BCUT2D eigenvalue weighted by molar-refractivity contribution is 5.95. The minimum atomic E-state index is -0.0875. The normalized spacial score (nSPS) is 16.4. The Morgan fingerprint density at radius 2 is 1.86 bits per heavy atom. The van der Waals surface area contributed by atoms with E-state index in [9.17, 15) is 4.79 Å². The number of carbonyl (C=O) groups excluding carboxylic acids is 1. The summed E-state index contributed by atoms with van der Waals surface area (Å²) in [5.41, 5.74) is 1.46. The molecule has 1 aliphatic heterocycles. The van der Waals surface area contributed by atoms with Crippen molar-refractivity contribution in [3.05, 3.63) is 41.3 Å². The van der Waals surface area contributed by atoms with Crippen molar-refractivity contribution in [2.45, 2.75) is 46.6 Å². The Hall–Kier alpha value is -2.83. The Kier molecular flexibility index (Phi) is 6.90. The summed E-state index contributed by atoms with van der Waals surface area (Å²) in [4.78, 5) is 23.5. The number of piperidine rings is 1. The van der Waals surface area contributed by atoms with Gasteiger partial charge in [-0.25, -0.2) is 4.98 Å². The zero-order valence-electron chi connectivity index (χ0n) is 17.6. The fourth-order valence-corrected chi connectivity index (χ4v) is 3.50. The maximum atomic E-state index is 13.1. The molecule has 7 nitrogen and oxygen atoms in total. The van der Waals surface area contributed by atoms with Crippen LogP contribution >= 0.6 is 0 Å². The van der Waals surface area contributed by atoms with Crippen molar-refractivity contribution >= 4 is 5.91 Å². The van der Waals surface area contributed by atoms with Crippen molar-refractivity contribution in [2.24, 2.45) is 0 Å². The van der Waals surface area contributed by atoms with Gasteiger partial charge in [0.1, 0.15) is 11.9 Å². The van der Waals surface area contributed by atoms with Crippen LogP contribution in [0, 0.1) is 13.8 Å². The molecule has 156 valence electrons. The second-order valence-corrected chi connectivity index (χ2v) is 7.06. The molecule has 2 heterocycles. The molecule has 7 heteroatoms. The first-order valence-corrected chi connectivity index (χ1v) is 10.2. The Morgan fingerprint density at radius 3 is 2.59 bits per heavy atom. The number of carbonyl (C=O) groups is 1. The summed E-state index contributed by atoms with van der Waals surface area (Å²) in [7, 11) is 0. The van der Waals surface area contributed by atoms with Gasteiger partial charge in [-0.3, -0.25) is 4.79 Å². The number of likely N-dealkylation sites (tertiary alicyclic amines) is 1. The Labute approximate surface area is 172 Å². The molecule has 1 aliphatic rings. The molecule has 0 bridgehead atoms. The fraction of sp³-hybridized carbons (Fsp3) is 0.500. The third-order valence-electron chi connectivity index (χ3n) is 4.69. The van der Waals surface area contributed by atoms with Crippen LogP contribution in [0.25, 0.3) is 0 Å². The smallest absolute Gasteiger partial charge is 0.254 e. The molecule has 0 radical (unpaired) electrons. The number of aryl methyl sites for hydroxylation is 2. The van der Waals surface area contributed by atoms with Crippen LogP contribution in [0.5, 0.6) is 17.4 Å². The Balaban J connectivity index is 1.71. The maximum Gasteiger partial charge on any atom is 0.254 e. The molecule has 1 atom stereocenters. The van der Waals surface area contributed by atoms with Crippen LogP contribution in [-0.4, -0.2) is 53.2 Å². The molecule has 1 amide bonds. The third-order valence-corrected chi connectivity index (χ3v) is 4.69. The molecule has 0 N–H and O–H groups in total. The lowest BCUT2D eigenvalue weighted by Crippen LogP contribution is -2.44. The van der Waals surface area contributed by atoms with Gasteiger partial charge in [0.25, 0.3) is 5.91 Å². The van der Waals surface area contributed by atoms with Gasteiger partial charge in [-0.15, -0.1) is 0 Å². The largest absolute Gasteiger partial charge is 0.490 e. The summed E-state index contributed by atoms with van der Waals surface area (Å²) in [6, 6.07) is 7.18. The van der Waals surface area contributed by atoms with Crippen molar-refractivity contribution in [3.63, 3.8) is 0 Å². The highest BCUT2D eigenvalue weighted by Crippen LogP contribution is 2.29. The average Bonchev–Trinajstić information content (AvgIpc) is 2.68. The van der Waals surface area contributed by atoms with Gasteiger partial charge >= 0.3 is 0 Å². The summed E-state index contributed by atoms with van der Waals surface area (Å²) in [6.45, 7) is 9.88. The van der Waals surface area contributed by atoms with E-state index in [-0.39, 0.29) is 12.0 Å². The Morgan fingerprint density at radius 1 is 1.10 bits per heavy atom. The zero-order chi connectivity index (χ0) is 20.8. The standard InChI is InChI=1S/C22H29N3O4/c1-5-27-19-10-9-17(13-20(19)28-6-2)22(26)25-11-7-8-18(14-25)29-21-12-15(3)23-16(4)24-21/h9-10,12-13,18H,5-8,11,14H2,1-4H3. The molecular formula is C22H29N3O4. The van der Waals surface area contributed by atoms with E-state index in [2.05, 4.69) is 9.97 Å². The van der Waals surface area contributed by atoms with Crippen LogP contribution in [0.4, 0.5) is 0 Å². The van der Waals surface area contributed by atoms with Gasteiger partial charge in [-0.05, 0) is 58.7 Å². The van der Waals surface area contributed by atoms with E-state index in [0.29, 0.717) is 55.1 Å². The monoisotopic (exact) mass is 399 g/mol. The molecule has 0 aliphatic carbocycles. The van der Waals surface area contributed by atoms with Gasteiger partial charge in [-0.2, -0.15) is 4.98 Å². The van der Waals surface area contributed by atoms with Crippen LogP contribution < -0.4 is 14.2 Å². The van der Waals surface area contributed by atoms with E-state index in [1.54, 1.807) is 18.2 Å². The first-order chi connectivity index (χ1) is 14.0. The predicted octanol–water partition coefficient (Wildman–Crippen LogP) is 3.57. The number of benzene rings is 1. The van der Waals surface area contributed by atoms with E-state index in [4.69, 9.17) is 14.2 Å². The maximum absolute atomic E-state index is 13.1. The first kappa shape index (κ1) is 20.9. The van der Waals surface area contributed by atoms with Gasteiger partial charge in [0.05, 0.1) is 19.8 Å². The first-order valence-electron chi connectivity index (χ1n) is 10.2. The molecule has 3 rings (SSSR count). The number of hydrogen-bond donors (Lipinski definition) is 0. The minimum Gasteiger partial charge on any atom is -0.490 e. The van der Waals surface area contributed by atoms with Crippen molar-refractivity contribution in [3.8, 4) is 17.4 Å². The SMILES string of the molecule is CCOc1ccc(C(=O)N2CCCC(Oc3cc(C)nc(C)n3)C2)cc1OCC. The van der Waals surface area contributed by atoms with E-state index < -0.39 is 0 Å². The van der Waals surface area contributed by atoms with Gasteiger partial charge in [0.2, 0.25) is 5.88 Å². The number of rotatable bonds is 7. The second-order valence-electron chi connectivity index (χ2n) is 7.06. The number of amides is 1. The van der Waals surface area contributed by atoms with E-state index in [1.165, 1.54) is 0 Å². The average molecular weight is 399 g/mol. The fourth-order valence-electron chi connectivity index (χ4n) is 3.50. The van der Waals surface area contributed by atoms with Crippen molar-refractivity contribution < 1.29 is 19.0 Å². The molecular weight excluding hydrogens is 370 g/mol. The highest BCUT2D eigenvalue weighted by atomic mass is 16.5. The lowest BCUT2D eigenvalue weighted by molar-refractivity contribution is 0.0526. The molecule has 1 aromatic heterocycles.